The molecule has 1 amide bonds. The Morgan fingerprint density at radius 1 is 1.39 bits per heavy atom. The Labute approximate surface area is 105 Å². The fourth-order valence-electron chi connectivity index (χ4n) is 1.33. The van der Waals surface area contributed by atoms with Gasteiger partial charge in [-0.05, 0) is 19.1 Å². The van der Waals surface area contributed by atoms with E-state index >= 15 is 0 Å². The molecule has 1 unspecified atom stereocenters. The first-order chi connectivity index (χ1) is 8.54. The van der Waals surface area contributed by atoms with Gasteiger partial charge >= 0.3 is 5.97 Å². The molecular formula is C13H15NO4. The molecule has 0 spiro atoms. The molecule has 0 aliphatic carbocycles. The molecule has 0 saturated heterocycles. The lowest BCUT2D eigenvalue weighted by atomic mass is 10.2. The summed E-state index contributed by atoms with van der Waals surface area (Å²) in [4.78, 5) is 21.8. The van der Waals surface area contributed by atoms with Crippen molar-refractivity contribution in [2.24, 2.45) is 0 Å². The predicted molar refractivity (Wildman–Crippen MR) is 67.3 cm³/mol. The normalized spacial score (nSPS) is 12.1. The van der Waals surface area contributed by atoms with Crippen LogP contribution >= 0.6 is 0 Å². The van der Waals surface area contributed by atoms with Crippen LogP contribution in [-0.4, -0.2) is 30.1 Å². The number of nitrogens with one attached hydrogen (secondary N) is 1. The number of rotatable bonds is 5. The molecule has 0 aromatic heterocycles. The highest BCUT2D eigenvalue weighted by molar-refractivity contribution is 5.86. The maximum Gasteiger partial charge on any atom is 0.328 e. The zero-order chi connectivity index (χ0) is 13.5. The standard InChI is InChI=1S/C13H15NO4/c1-9(13(17)14-2)18-11-6-4-3-5-10(11)7-8-12(15)16/h3-9H,1-2H3,(H,14,17)(H,15,16)/b8-7+. The van der Waals surface area contributed by atoms with E-state index in [0.717, 1.165) is 6.08 Å². The van der Waals surface area contributed by atoms with Gasteiger partial charge in [-0.2, -0.15) is 0 Å². The minimum Gasteiger partial charge on any atom is -0.480 e. The molecule has 1 atom stereocenters. The summed E-state index contributed by atoms with van der Waals surface area (Å²) in [5.41, 5.74) is 0.607. The molecule has 1 aromatic carbocycles. The molecule has 2 N–H and O–H groups in total. The minimum absolute atomic E-state index is 0.244. The van der Waals surface area contributed by atoms with Gasteiger partial charge in [0.25, 0.3) is 5.91 Å². The Morgan fingerprint density at radius 3 is 2.67 bits per heavy atom. The summed E-state index contributed by atoms with van der Waals surface area (Å²) in [6.45, 7) is 1.62. The van der Waals surface area contributed by atoms with Gasteiger partial charge in [0.1, 0.15) is 5.75 Å². The summed E-state index contributed by atoms with van der Waals surface area (Å²) in [6, 6.07) is 6.91. The number of amides is 1. The second-order valence-corrected chi connectivity index (χ2v) is 3.58. The highest BCUT2D eigenvalue weighted by Gasteiger charge is 2.13. The fourth-order valence-corrected chi connectivity index (χ4v) is 1.33. The van der Waals surface area contributed by atoms with Crippen molar-refractivity contribution in [3.63, 3.8) is 0 Å². The van der Waals surface area contributed by atoms with Crippen LogP contribution in [0.25, 0.3) is 6.08 Å². The van der Waals surface area contributed by atoms with Crippen molar-refractivity contribution < 1.29 is 19.4 Å². The third kappa shape index (κ3) is 3.93. The first kappa shape index (κ1) is 13.8. The average molecular weight is 249 g/mol. The maximum atomic E-state index is 11.3. The number of carbonyl (C=O) groups is 2. The molecule has 0 heterocycles. The average Bonchev–Trinajstić information content (AvgIpc) is 2.36. The van der Waals surface area contributed by atoms with E-state index in [0.29, 0.717) is 11.3 Å². The van der Waals surface area contributed by atoms with E-state index in [9.17, 15) is 9.59 Å². The number of carboxylic acids is 1. The van der Waals surface area contributed by atoms with Crippen molar-refractivity contribution in [3.8, 4) is 5.75 Å². The number of carbonyl (C=O) groups excluding carboxylic acids is 1. The molecular weight excluding hydrogens is 234 g/mol. The predicted octanol–water partition coefficient (Wildman–Crippen LogP) is 1.30. The summed E-state index contributed by atoms with van der Waals surface area (Å²) in [7, 11) is 1.53. The van der Waals surface area contributed by atoms with Gasteiger partial charge in [-0.15, -0.1) is 0 Å². The van der Waals surface area contributed by atoms with Crippen LogP contribution in [0, 0.1) is 0 Å². The van der Waals surface area contributed by atoms with Crippen molar-refractivity contribution in [1.29, 1.82) is 0 Å². The third-order valence-electron chi connectivity index (χ3n) is 2.24. The lowest BCUT2D eigenvalue weighted by molar-refractivity contribution is -0.131. The second-order valence-electron chi connectivity index (χ2n) is 3.58. The molecule has 1 aromatic rings. The van der Waals surface area contributed by atoms with E-state index in [1.54, 1.807) is 31.2 Å². The number of para-hydroxylation sites is 1. The Kier molecular flexibility index (Phi) is 4.92. The highest BCUT2D eigenvalue weighted by Crippen LogP contribution is 2.20. The van der Waals surface area contributed by atoms with E-state index in [1.165, 1.54) is 13.1 Å². The topological polar surface area (TPSA) is 75.6 Å². The third-order valence-corrected chi connectivity index (χ3v) is 2.24. The largest absolute Gasteiger partial charge is 0.480 e. The van der Waals surface area contributed by atoms with Crippen LogP contribution in [-0.2, 0) is 9.59 Å². The zero-order valence-electron chi connectivity index (χ0n) is 10.2. The van der Waals surface area contributed by atoms with Crippen LogP contribution in [0.4, 0.5) is 0 Å². The summed E-state index contributed by atoms with van der Waals surface area (Å²) >= 11 is 0. The Hall–Kier alpha value is -2.30. The Balaban J connectivity index is 2.88. The monoisotopic (exact) mass is 249 g/mol. The van der Waals surface area contributed by atoms with Gasteiger partial charge in [-0.25, -0.2) is 4.79 Å². The lowest BCUT2D eigenvalue weighted by Gasteiger charge is -2.14. The minimum atomic E-state index is -1.04. The van der Waals surface area contributed by atoms with Crippen molar-refractivity contribution in [2.45, 2.75) is 13.0 Å². The summed E-state index contributed by atoms with van der Waals surface area (Å²) in [6.07, 6.45) is 1.80. The maximum absolute atomic E-state index is 11.3. The number of aliphatic carboxylic acids is 1. The molecule has 96 valence electrons. The van der Waals surface area contributed by atoms with Crippen molar-refractivity contribution in [3.05, 3.63) is 35.9 Å². The lowest BCUT2D eigenvalue weighted by Crippen LogP contribution is -2.33. The van der Waals surface area contributed by atoms with E-state index < -0.39 is 12.1 Å². The van der Waals surface area contributed by atoms with Crippen LogP contribution in [0.1, 0.15) is 12.5 Å². The van der Waals surface area contributed by atoms with Gasteiger partial charge in [0, 0.05) is 18.7 Å². The molecule has 1 rings (SSSR count). The summed E-state index contributed by atoms with van der Waals surface area (Å²) < 4.78 is 5.47. The summed E-state index contributed by atoms with van der Waals surface area (Å²) in [5.74, 6) is -0.817. The number of likely N-dealkylation sites (N-methyl/N-ethyl adjacent to an activating group) is 1. The number of benzene rings is 1. The second kappa shape index (κ2) is 6.44. The van der Waals surface area contributed by atoms with Crippen LogP contribution in [0.15, 0.2) is 30.3 Å². The van der Waals surface area contributed by atoms with Crippen molar-refractivity contribution in [2.75, 3.05) is 7.05 Å². The zero-order valence-corrected chi connectivity index (χ0v) is 10.2. The molecule has 18 heavy (non-hydrogen) atoms. The van der Waals surface area contributed by atoms with Crippen LogP contribution in [0.5, 0.6) is 5.75 Å². The van der Waals surface area contributed by atoms with E-state index in [4.69, 9.17) is 9.84 Å². The first-order valence-electron chi connectivity index (χ1n) is 5.43. The first-order valence-corrected chi connectivity index (χ1v) is 5.43. The van der Waals surface area contributed by atoms with Crippen molar-refractivity contribution in [1.82, 2.24) is 5.32 Å². The highest BCUT2D eigenvalue weighted by atomic mass is 16.5. The van der Waals surface area contributed by atoms with E-state index in [1.807, 2.05) is 0 Å². The molecule has 0 saturated carbocycles. The van der Waals surface area contributed by atoms with Crippen molar-refractivity contribution >= 4 is 18.0 Å². The smallest absolute Gasteiger partial charge is 0.328 e. The molecule has 0 fully saturated rings. The van der Waals surface area contributed by atoms with Gasteiger partial charge in [0.2, 0.25) is 0 Å². The quantitative estimate of drug-likeness (QED) is 0.771. The molecule has 0 bridgehead atoms. The van der Waals surface area contributed by atoms with Gasteiger partial charge < -0.3 is 15.2 Å². The molecule has 0 radical (unpaired) electrons. The molecule has 5 nitrogen and oxygen atoms in total. The van der Waals surface area contributed by atoms with Gasteiger partial charge in [0.05, 0.1) is 0 Å². The van der Waals surface area contributed by atoms with Crippen LogP contribution in [0.2, 0.25) is 0 Å². The number of hydrogen-bond acceptors (Lipinski definition) is 3. The Morgan fingerprint density at radius 2 is 2.06 bits per heavy atom. The number of ether oxygens (including phenoxy) is 1. The Bertz CT molecular complexity index is 468. The molecule has 0 aliphatic rings. The number of hydrogen-bond donors (Lipinski definition) is 2. The van der Waals surface area contributed by atoms with E-state index in [-0.39, 0.29) is 5.91 Å². The van der Waals surface area contributed by atoms with E-state index in [2.05, 4.69) is 5.32 Å². The summed E-state index contributed by atoms with van der Waals surface area (Å²) in [5, 5.41) is 11.1. The van der Waals surface area contributed by atoms with Crippen LogP contribution < -0.4 is 10.1 Å². The van der Waals surface area contributed by atoms with Gasteiger partial charge in [-0.1, -0.05) is 18.2 Å². The van der Waals surface area contributed by atoms with Gasteiger partial charge in [-0.3, -0.25) is 4.79 Å². The molecule has 0 aliphatic heterocycles. The van der Waals surface area contributed by atoms with Gasteiger partial charge in [0.15, 0.2) is 6.10 Å². The molecule has 5 heteroatoms. The SMILES string of the molecule is CNC(=O)C(C)Oc1ccccc1/C=C/C(=O)O. The number of carboxylic acid groups (broad SMARTS) is 1. The fraction of sp³-hybridized carbons (Fsp3) is 0.231. The van der Waals surface area contributed by atoms with Crippen LogP contribution in [0.3, 0.4) is 0 Å².